The summed E-state index contributed by atoms with van der Waals surface area (Å²) >= 11 is 6.09. The highest BCUT2D eigenvalue weighted by Gasteiger charge is 2.27. The largest absolute Gasteiger partial charge is 0.353 e. The zero-order valence-electron chi connectivity index (χ0n) is 12.8. The molecule has 4 nitrogen and oxygen atoms in total. The number of hydrogen-bond acceptors (Lipinski definition) is 4. The average Bonchev–Trinajstić information content (AvgIpc) is 2.45. The fraction of sp³-hybridized carbons (Fsp3) is 0.500. The summed E-state index contributed by atoms with van der Waals surface area (Å²) in [6.07, 6.45) is 0. The second-order valence-electron chi connectivity index (χ2n) is 6.48. The van der Waals surface area contributed by atoms with Crippen LogP contribution in [-0.4, -0.2) is 46.6 Å². The highest BCUT2D eigenvalue weighted by molar-refractivity contribution is 6.28. The number of piperazine rings is 1. The molecule has 3 rings (SSSR count). The van der Waals surface area contributed by atoms with E-state index in [0.717, 1.165) is 42.9 Å². The Kier molecular flexibility index (Phi) is 3.76. The van der Waals surface area contributed by atoms with Crippen LogP contribution in [0.4, 0.5) is 5.82 Å². The van der Waals surface area contributed by atoms with E-state index in [2.05, 4.69) is 46.6 Å². The molecule has 1 saturated heterocycles. The molecule has 0 amide bonds. The summed E-state index contributed by atoms with van der Waals surface area (Å²) in [7, 11) is 0. The number of rotatable bonds is 1. The molecule has 0 atom stereocenters. The molecule has 0 N–H and O–H groups in total. The van der Waals surface area contributed by atoms with Crippen LogP contribution < -0.4 is 4.90 Å². The summed E-state index contributed by atoms with van der Waals surface area (Å²) in [6, 6.07) is 8.05. The fourth-order valence-corrected chi connectivity index (χ4v) is 3.03. The molecule has 0 saturated carbocycles. The number of aromatic nitrogens is 2. The Morgan fingerprint density at radius 1 is 1.00 bits per heavy atom. The molecular weight excluding hydrogens is 284 g/mol. The highest BCUT2D eigenvalue weighted by Crippen LogP contribution is 2.27. The summed E-state index contributed by atoms with van der Waals surface area (Å²) in [4.78, 5) is 13.6. The lowest BCUT2D eigenvalue weighted by Crippen LogP contribution is -2.53. The summed E-state index contributed by atoms with van der Waals surface area (Å²) in [5.41, 5.74) is 1.13. The summed E-state index contributed by atoms with van der Waals surface area (Å²) in [6.45, 7) is 10.8. The van der Waals surface area contributed by atoms with Gasteiger partial charge in [0.05, 0.1) is 5.52 Å². The van der Waals surface area contributed by atoms with Crippen LogP contribution in [0.5, 0.6) is 0 Å². The molecule has 0 unspecified atom stereocenters. The summed E-state index contributed by atoms with van der Waals surface area (Å²) in [5.74, 6) is 0.958. The van der Waals surface area contributed by atoms with E-state index in [9.17, 15) is 0 Å². The molecule has 2 heterocycles. The molecule has 1 aromatic heterocycles. The second kappa shape index (κ2) is 5.43. The Morgan fingerprint density at radius 2 is 1.67 bits per heavy atom. The van der Waals surface area contributed by atoms with E-state index < -0.39 is 0 Å². The Bertz CT molecular complexity index is 642. The maximum atomic E-state index is 6.09. The van der Waals surface area contributed by atoms with Crippen molar-refractivity contribution in [3.8, 4) is 0 Å². The fourth-order valence-electron chi connectivity index (χ4n) is 2.86. The quantitative estimate of drug-likeness (QED) is 0.757. The molecule has 0 bridgehead atoms. The van der Waals surface area contributed by atoms with Gasteiger partial charge in [0.1, 0.15) is 5.82 Å². The molecule has 1 aliphatic heterocycles. The van der Waals surface area contributed by atoms with Crippen LogP contribution in [0.2, 0.25) is 5.28 Å². The number of halogens is 1. The number of fused-ring (bicyclic) bond motifs is 1. The van der Waals surface area contributed by atoms with E-state index in [0.29, 0.717) is 5.28 Å². The van der Waals surface area contributed by atoms with E-state index in [4.69, 9.17) is 11.6 Å². The van der Waals surface area contributed by atoms with E-state index in [1.807, 2.05) is 18.2 Å². The first kappa shape index (κ1) is 14.5. The third-order valence-electron chi connectivity index (χ3n) is 4.08. The van der Waals surface area contributed by atoms with Gasteiger partial charge in [-0.05, 0) is 44.5 Å². The predicted molar refractivity (Wildman–Crippen MR) is 88.1 cm³/mol. The van der Waals surface area contributed by atoms with Gasteiger partial charge in [0.25, 0.3) is 0 Å². The number of anilines is 1. The number of benzene rings is 1. The first-order valence-electron chi connectivity index (χ1n) is 7.37. The Balaban J connectivity index is 1.89. The van der Waals surface area contributed by atoms with Crippen LogP contribution in [0, 0.1) is 0 Å². The van der Waals surface area contributed by atoms with Crippen LogP contribution in [0.25, 0.3) is 10.9 Å². The van der Waals surface area contributed by atoms with E-state index >= 15 is 0 Å². The van der Waals surface area contributed by atoms with Gasteiger partial charge in [-0.2, -0.15) is 4.98 Å². The predicted octanol–water partition coefficient (Wildman–Crippen LogP) is 3.20. The molecule has 2 aromatic rings. The number of nitrogens with zero attached hydrogens (tertiary/aromatic N) is 4. The summed E-state index contributed by atoms with van der Waals surface area (Å²) in [5, 5.41) is 1.40. The lowest BCUT2D eigenvalue weighted by molar-refractivity contribution is 0.128. The molecule has 0 spiro atoms. The first-order chi connectivity index (χ1) is 9.95. The smallest absolute Gasteiger partial charge is 0.224 e. The number of para-hydroxylation sites is 1. The monoisotopic (exact) mass is 304 g/mol. The van der Waals surface area contributed by atoms with Gasteiger partial charge in [-0.3, -0.25) is 4.90 Å². The van der Waals surface area contributed by atoms with E-state index in [1.165, 1.54) is 0 Å². The average molecular weight is 305 g/mol. The normalized spacial score (nSPS) is 17.4. The van der Waals surface area contributed by atoms with Crippen molar-refractivity contribution in [2.75, 3.05) is 31.1 Å². The highest BCUT2D eigenvalue weighted by atomic mass is 35.5. The first-order valence-corrected chi connectivity index (χ1v) is 7.75. The molecule has 1 fully saturated rings. The van der Waals surface area contributed by atoms with E-state index in [-0.39, 0.29) is 5.54 Å². The van der Waals surface area contributed by atoms with Crippen molar-refractivity contribution in [3.63, 3.8) is 0 Å². The molecule has 112 valence electrons. The van der Waals surface area contributed by atoms with Gasteiger partial charge in [-0.15, -0.1) is 0 Å². The SMILES string of the molecule is CC(C)(C)N1CCN(c2nc(Cl)nc3ccccc23)CC1. The molecule has 5 heteroatoms. The zero-order chi connectivity index (χ0) is 15.0. The molecule has 0 radical (unpaired) electrons. The minimum atomic E-state index is 0.220. The van der Waals surface area contributed by atoms with Crippen LogP contribution >= 0.6 is 11.6 Å². The van der Waals surface area contributed by atoms with Crippen molar-refractivity contribution in [3.05, 3.63) is 29.5 Å². The van der Waals surface area contributed by atoms with Crippen LogP contribution in [0.1, 0.15) is 20.8 Å². The third-order valence-corrected chi connectivity index (χ3v) is 4.25. The standard InChI is InChI=1S/C16H21ClN4/c1-16(2,3)21-10-8-20(9-11-21)14-12-6-4-5-7-13(12)18-15(17)19-14/h4-7H,8-11H2,1-3H3. The minimum Gasteiger partial charge on any atom is -0.353 e. The van der Waals surface area contributed by atoms with Crippen LogP contribution in [0.15, 0.2) is 24.3 Å². The van der Waals surface area contributed by atoms with Gasteiger partial charge in [-0.1, -0.05) is 12.1 Å². The lowest BCUT2D eigenvalue weighted by atomic mass is 10.0. The van der Waals surface area contributed by atoms with Gasteiger partial charge in [0, 0.05) is 37.1 Å². The topological polar surface area (TPSA) is 32.3 Å². The van der Waals surface area contributed by atoms with Gasteiger partial charge in [0.15, 0.2) is 0 Å². The molecule has 0 aliphatic carbocycles. The van der Waals surface area contributed by atoms with Crippen molar-refractivity contribution in [1.29, 1.82) is 0 Å². The van der Waals surface area contributed by atoms with Crippen molar-refractivity contribution >= 4 is 28.3 Å². The van der Waals surface area contributed by atoms with Gasteiger partial charge >= 0.3 is 0 Å². The molecule has 1 aromatic carbocycles. The van der Waals surface area contributed by atoms with Gasteiger partial charge < -0.3 is 4.90 Å². The van der Waals surface area contributed by atoms with Crippen molar-refractivity contribution in [2.24, 2.45) is 0 Å². The van der Waals surface area contributed by atoms with Crippen LogP contribution in [0.3, 0.4) is 0 Å². The molecule has 1 aliphatic rings. The van der Waals surface area contributed by atoms with E-state index in [1.54, 1.807) is 0 Å². The van der Waals surface area contributed by atoms with Crippen molar-refractivity contribution in [2.45, 2.75) is 26.3 Å². The third kappa shape index (κ3) is 2.97. The minimum absolute atomic E-state index is 0.220. The Hall–Kier alpha value is -1.39. The molecular formula is C16H21ClN4. The Labute approximate surface area is 130 Å². The van der Waals surface area contributed by atoms with Crippen molar-refractivity contribution < 1.29 is 0 Å². The maximum Gasteiger partial charge on any atom is 0.224 e. The number of hydrogen-bond donors (Lipinski definition) is 0. The second-order valence-corrected chi connectivity index (χ2v) is 6.82. The summed E-state index contributed by atoms with van der Waals surface area (Å²) < 4.78 is 0. The van der Waals surface area contributed by atoms with Crippen LogP contribution in [-0.2, 0) is 0 Å². The Morgan fingerprint density at radius 3 is 2.33 bits per heavy atom. The zero-order valence-corrected chi connectivity index (χ0v) is 13.6. The van der Waals surface area contributed by atoms with Gasteiger partial charge in [0.2, 0.25) is 5.28 Å². The maximum absolute atomic E-state index is 6.09. The molecule has 21 heavy (non-hydrogen) atoms. The van der Waals surface area contributed by atoms with Crippen molar-refractivity contribution in [1.82, 2.24) is 14.9 Å². The lowest BCUT2D eigenvalue weighted by Gasteiger charge is -2.42. The van der Waals surface area contributed by atoms with Gasteiger partial charge in [-0.25, -0.2) is 4.98 Å².